The van der Waals surface area contributed by atoms with E-state index < -0.39 is 0 Å². The lowest BCUT2D eigenvalue weighted by Gasteiger charge is -2.31. The van der Waals surface area contributed by atoms with Crippen molar-refractivity contribution < 1.29 is 4.39 Å². The van der Waals surface area contributed by atoms with Crippen molar-refractivity contribution in [2.75, 3.05) is 31.1 Å². The van der Waals surface area contributed by atoms with E-state index in [0.29, 0.717) is 17.2 Å². The molecule has 1 aliphatic rings. The van der Waals surface area contributed by atoms with E-state index in [9.17, 15) is 4.39 Å². The average Bonchev–Trinajstić information content (AvgIpc) is 2.49. The van der Waals surface area contributed by atoms with Crippen LogP contribution in [0.1, 0.15) is 25.3 Å². The minimum atomic E-state index is -0.338. The van der Waals surface area contributed by atoms with Gasteiger partial charge in [0.2, 0.25) is 0 Å². The number of rotatable bonds is 4. The van der Waals surface area contributed by atoms with Gasteiger partial charge in [0.15, 0.2) is 5.82 Å². The minimum Gasteiger partial charge on any atom is -0.369 e. The minimum absolute atomic E-state index is 0.262. The lowest BCUT2D eigenvalue weighted by Crippen LogP contribution is -2.38. The fraction of sp³-hybridized carbons (Fsp3) is 0.533. The summed E-state index contributed by atoms with van der Waals surface area (Å²) in [6.45, 7) is 5.71. The lowest BCUT2D eigenvalue weighted by atomic mass is 9.98. The molecule has 0 spiro atoms. The number of nitriles is 1. The van der Waals surface area contributed by atoms with Gasteiger partial charge in [0.05, 0.1) is 15.7 Å². The topological polar surface area (TPSA) is 39.1 Å². The van der Waals surface area contributed by atoms with E-state index >= 15 is 0 Å². The maximum absolute atomic E-state index is 14.4. The molecule has 1 aromatic carbocycles. The number of hydrogen-bond donors (Lipinski definition) is 1. The fourth-order valence-corrected chi connectivity index (χ4v) is 3.08. The molecular weight excluding hydrogens is 321 g/mol. The zero-order valence-corrected chi connectivity index (χ0v) is 13.2. The Labute approximate surface area is 127 Å². The van der Waals surface area contributed by atoms with Crippen molar-refractivity contribution in [2.24, 2.45) is 5.92 Å². The van der Waals surface area contributed by atoms with Crippen LogP contribution in [0.25, 0.3) is 0 Å². The average molecular weight is 340 g/mol. The van der Waals surface area contributed by atoms with Crippen LogP contribution in [0.4, 0.5) is 10.1 Å². The molecule has 0 radical (unpaired) electrons. The van der Waals surface area contributed by atoms with Gasteiger partial charge in [-0.2, -0.15) is 5.26 Å². The van der Waals surface area contributed by atoms with Gasteiger partial charge in [0.1, 0.15) is 6.07 Å². The Morgan fingerprint density at radius 1 is 1.55 bits per heavy atom. The molecule has 1 fully saturated rings. The van der Waals surface area contributed by atoms with Crippen molar-refractivity contribution in [3.8, 4) is 6.07 Å². The van der Waals surface area contributed by atoms with Gasteiger partial charge in [0, 0.05) is 13.1 Å². The summed E-state index contributed by atoms with van der Waals surface area (Å²) >= 11 is 3.18. The number of anilines is 1. The molecule has 0 amide bonds. The van der Waals surface area contributed by atoms with Gasteiger partial charge >= 0.3 is 0 Å². The van der Waals surface area contributed by atoms with Crippen molar-refractivity contribution in [2.45, 2.75) is 19.8 Å². The summed E-state index contributed by atoms with van der Waals surface area (Å²) in [5.41, 5.74) is 0.908. The number of benzene rings is 1. The van der Waals surface area contributed by atoms with Gasteiger partial charge in [-0.3, -0.25) is 0 Å². The first kappa shape index (κ1) is 15.3. The predicted octanol–water partition coefficient (Wildman–Crippen LogP) is 3.29. The van der Waals surface area contributed by atoms with Gasteiger partial charge < -0.3 is 10.2 Å². The number of nitrogens with one attached hydrogen (secondary N) is 1. The molecule has 1 unspecified atom stereocenters. The molecule has 1 aromatic rings. The summed E-state index contributed by atoms with van der Waals surface area (Å²) in [5.74, 6) is 0.215. The SMILES string of the molecule is CCN(CC1CCCNC1)c1ccc(C#N)c(Br)c1F. The fourth-order valence-electron chi connectivity index (χ4n) is 2.66. The molecule has 108 valence electrons. The number of halogens is 2. The Kier molecular flexibility index (Phi) is 5.38. The molecule has 0 aromatic heterocycles. The van der Waals surface area contributed by atoms with Gasteiger partial charge in [-0.15, -0.1) is 0 Å². The monoisotopic (exact) mass is 339 g/mol. The quantitative estimate of drug-likeness (QED) is 0.914. The Morgan fingerprint density at radius 2 is 2.35 bits per heavy atom. The molecule has 3 nitrogen and oxygen atoms in total. The van der Waals surface area contributed by atoms with Gasteiger partial charge in [0.25, 0.3) is 0 Å². The van der Waals surface area contributed by atoms with Crippen LogP contribution in [0.2, 0.25) is 0 Å². The highest BCUT2D eigenvalue weighted by Gasteiger charge is 2.20. The van der Waals surface area contributed by atoms with Crippen LogP contribution in [-0.2, 0) is 0 Å². The van der Waals surface area contributed by atoms with E-state index in [0.717, 1.165) is 26.2 Å². The molecule has 1 heterocycles. The maximum Gasteiger partial charge on any atom is 0.161 e. The highest BCUT2D eigenvalue weighted by atomic mass is 79.9. The van der Waals surface area contributed by atoms with E-state index in [1.54, 1.807) is 12.1 Å². The third-order valence-electron chi connectivity index (χ3n) is 3.78. The van der Waals surface area contributed by atoms with E-state index in [1.165, 1.54) is 12.8 Å². The second kappa shape index (κ2) is 7.05. The van der Waals surface area contributed by atoms with Gasteiger partial charge in [-0.1, -0.05) is 0 Å². The molecule has 1 saturated heterocycles. The predicted molar refractivity (Wildman–Crippen MR) is 82.3 cm³/mol. The smallest absolute Gasteiger partial charge is 0.161 e. The maximum atomic E-state index is 14.4. The summed E-state index contributed by atoms with van der Waals surface area (Å²) in [4.78, 5) is 2.05. The number of nitrogens with zero attached hydrogens (tertiary/aromatic N) is 2. The van der Waals surface area contributed by atoms with Crippen LogP contribution in [0.5, 0.6) is 0 Å². The van der Waals surface area contributed by atoms with Crippen molar-refractivity contribution in [3.63, 3.8) is 0 Å². The summed E-state index contributed by atoms with van der Waals surface area (Å²) < 4.78 is 14.6. The highest BCUT2D eigenvalue weighted by molar-refractivity contribution is 9.10. The summed E-state index contributed by atoms with van der Waals surface area (Å²) in [7, 11) is 0. The third-order valence-corrected chi connectivity index (χ3v) is 4.56. The van der Waals surface area contributed by atoms with Crippen LogP contribution < -0.4 is 10.2 Å². The second-order valence-corrected chi connectivity index (χ2v) is 5.92. The Morgan fingerprint density at radius 3 is 2.95 bits per heavy atom. The molecule has 1 aliphatic heterocycles. The van der Waals surface area contributed by atoms with Crippen molar-refractivity contribution in [3.05, 3.63) is 28.0 Å². The molecule has 2 rings (SSSR count). The Bertz CT molecular complexity index is 507. The lowest BCUT2D eigenvalue weighted by molar-refractivity contribution is 0.377. The third kappa shape index (κ3) is 3.31. The molecule has 0 bridgehead atoms. The van der Waals surface area contributed by atoms with Crippen LogP contribution in [0, 0.1) is 23.1 Å². The highest BCUT2D eigenvalue weighted by Crippen LogP contribution is 2.30. The largest absolute Gasteiger partial charge is 0.369 e. The Balaban J connectivity index is 2.19. The van der Waals surface area contributed by atoms with Crippen LogP contribution >= 0.6 is 15.9 Å². The van der Waals surface area contributed by atoms with Crippen LogP contribution in [0.3, 0.4) is 0 Å². The van der Waals surface area contributed by atoms with Crippen LogP contribution in [0.15, 0.2) is 16.6 Å². The normalized spacial score (nSPS) is 18.6. The van der Waals surface area contributed by atoms with Gasteiger partial charge in [-0.05, 0) is 66.8 Å². The van der Waals surface area contributed by atoms with E-state index in [1.807, 2.05) is 13.0 Å². The first-order chi connectivity index (χ1) is 9.67. The van der Waals surface area contributed by atoms with E-state index in [-0.39, 0.29) is 10.3 Å². The van der Waals surface area contributed by atoms with Crippen LogP contribution in [-0.4, -0.2) is 26.2 Å². The molecule has 1 atom stereocenters. The molecule has 0 aliphatic carbocycles. The van der Waals surface area contributed by atoms with Crippen molar-refractivity contribution in [1.82, 2.24) is 5.32 Å². The molecular formula is C15H19BrFN3. The van der Waals surface area contributed by atoms with Crippen molar-refractivity contribution >= 4 is 21.6 Å². The van der Waals surface area contributed by atoms with E-state index in [2.05, 4.69) is 26.1 Å². The standard InChI is InChI=1S/C15H19BrFN3/c1-2-20(10-11-4-3-7-19-9-11)13-6-5-12(8-18)14(16)15(13)17/h5-6,11,19H,2-4,7,9-10H2,1H3. The summed E-state index contributed by atoms with van der Waals surface area (Å²) in [5, 5.41) is 12.3. The zero-order valence-electron chi connectivity index (χ0n) is 11.6. The summed E-state index contributed by atoms with van der Waals surface area (Å²) in [6, 6.07) is 5.36. The van der Waals surface area contributed by atoms with Crippen molar-refractivity contribution in [1.29, 1.82) is 5.26 Å². The first-order valence-corrected chi connectivity index (χ1v) is 7.80. The second-order valence-electron chi connectivity index (χ2n) is 5.12. The molecule has 1 N–H and O–H groups in total. The molecule has 20 heavy (non-hydrogen) atoms. The molecule has 0 saturated carbocycles. The number of piperidine rings is 1. The Hall–Kier alpha value is -1.12. The summed E-state index contributed by atoms with van der Waals surface area (Å²) in [6.07, 6.45) is 2.37. The van der Waals surface area contributed by atoms with E-state index in [4.69, 9.17) is 5.26 Å². The number of hydrogen-bond acceptors (Lipinski definition) is 3. The van der Waals surface area contributed by atoms with Gasteiger partial charge in [-0.25, -0.2) is 4.39 Å². The molecule has 5 heteroatoms. The zero-order chi connectivity index (χ0) is 14.5. The first-order valence-electron chi connectivity index (χ1n) is 7.01.